The Morgan fingerprint density at radius 2 is 2.06 bits per heavy atom. The predicted molar refractivity (Wildman–Crippen MR) is 62.9 cm³/mol. The fraction of sp³-hybridized carbons (Fsp3) is 0.900. The Morgan fingerprint density at radius 3 is 2.50 bits per heavy atom. The van der Waals surface area contributed by atoms with Crippen molar-refractivity contribution >= 4 is 15.7 Å². The van der Waals surface area contributed by atoms with Gasteiger partial charge in [-0.15, -0.1) is 0 Å². The van der Waals surface area contributed by atoms with Crippen molar-refractivity contribution in [1.29, 1.82) is 0 Å². The average Bonchev–Trinajstić information content (AvgIpc) is 2.54. The minimum absolute atomic E-state index is 0.00562. The fourth-order valence-corrected chi connectivity index (χ4v) is 3.48. The maximum atomic E-state index is 11.5. The van der Waals surface area contributed by atoms with E-state index < -0.39 is 15.3 Å². The standard InChI is InChI=1S/C10H20N2O3S/c1-10(2,9(13)11-3)7-12-8-4-5-16(14,15)6-8/h8,12H,4-7H2,1-3H3,(H,11,13). The van der Waals surface area contributed by atoms with Crippen molar-refractivity contribution in [2.24, 2.45) is 5.41 Å². The summed E-state index contributed by atoms with van der Waals surface area (Å²) in [5.74, 6) is 0.405. The highest BCUT2D eigenvalue weighted by atomic mass is 32.2. The van der Waals surface area contributed by atoms with E-state index in [2.05, 4.69) is 10.6 Å². The number of sulfone groups is 1. The maximum absolute atomic E-state index is 11.5. The molecule has 5 nitrogen and oxygen atoms in total. The molecule has 16 heavy (non-hydrogen) atoms. The molecule has 0 aliphatic carbocycles. The van der Waals surface area contributed by atoms with Crippen LogP contribution in [0.25, 0.3) is 0 Å². The van der Waals surface area contributed by atoms with E-state index in [4.69, 9.17) is 0 Å². The third kappa shape index (κ3) is 3.45. The van der Waals surface area contributed by atoms with Gasteiger partial charge >= 0.3 is 0 Å². The molecule has 94 valence electrons. The normalized spacial score (nSPS) is 24.3. The summed E-state index contributed by atoms with van der Waals surface area (Å²) in [6.07, 6.45) is 0.645. The summed E-state index contributed by atoms with van der Waals surface area (Å²) in [5.41, 5.74) is -0.513. The molecular weight excluding hydrogens is 228 g/mol. The summed E-state index contributed by atoms with van der Waals surface area (Å²) in [6.45, 7) is 4.16. The van der Waals surface area contributed by atoms with Gasteiger partial charge in [-0.1, -0.05) is 0 Å². The third-order valence-corrected chi connectivity index (χ3v) is 4.67. The molecule has 6 heteroatoms. The highest BCUT2D eigenvalue weighted by Crippen LogP contribution is 2.16. The van der Waals surface area contributed by atoms with E-state index in [9.17, 15) is 13.2 Å². The molecule has 0 aromatic heterocycles. The van der Waals surface area contributed by atoms with Crippen LogP contribution >= 0.6 is 0 Å². The summed E-state index contributed by atoms with van der Waals surface area (Å²) in [6, 6.07) is -0.00562. The van der Waals surface area contributed by atoms with E-state index in [1.165, 1.54) is 0 Å². The molecule has 1 atom stereocenters. The van der Waals surface area contributed by atoms with Gasteiger partial charge in [0.2, 0.25) is 5.91 Å². The van der Waals surface area contributed by atoms with Crippen LogP contribution in [-0.2, 0) is 14.6 Å². The Hall–Kier alpha value is -0.620. The highest BCUT2D eigenvalue weighted by molar-refractivity contribution is 7.91. The SMILES string of the molecule is CNC(=O)C(C)(C)CNC1CCS(=O)(=O)C1. The Bertz CT molecular complexity index is 362. The summed E-state index contributed by atoms with van der Waals surface area (Å²) >= 11 is 0. The number of hydrogen-bond donors (Lipinski definition) is 2. The molecule has 0 aromatic carbocycles. The van der Waals surface area contributed by atoms with Crippen LogP contribution in [0, 0.1) is 5.41 Å². The Kier molecular flexibility index (Phi) is 3.96. The summed E-state index contributed by atoms with van der Waals surface area (Å²) in [7, 11) is -1.25. The van der Waals surface area contributed by atoms with E-state index in [0.717, 1.165) is 0 Å². The van der Waals surface area contributed by atoms with Gasteiger partial charge in [0.05, 0.1) is 16.9 Å². The summed E-state index contributed by atoms with van der Waals surface area (Å²) in [5, 5.41) is 5.75. The second kappa shape index (κ2) is 4.71. The zero-order valence-electron chi connectivity index (χ0n) is 10.0. The number of carbonyl (C=O) groups excluding carboxylic acids is 1. The minimum Gasteiger partial charge on any atom is -0.359 e. The molecule has 1 saturated heterocycles. The van der Waals surface area contributed by atoms with Gasteiger partial charge in [-0.05, 0) is 20.3 Å². The lowest BCUT2D eigenvalue weighted by atomic mass is 9.92. The lowest BCUT2D eigenvalue weighted by molar-refractivity contribution is -0.128. The van der Waals surface area contributed by atoms with Crippen LogP contribution in [-0.4, -0.2) is 45.5 Å². The van der Waals surface area contributed by atoms with Crippen molar-refractivity contribution in [2.45, 2.75) is 26.3 Å². The molecule has 1 amide bonds. The highest BCUT2D eigenvalue weighted by Gasteiger charge is 2.31. The van der Waals surface area contributed by atoms with Gasteiger partial charge in [-0.25, -0.2) is 8.42 Å². The second-order valence-electron chi connectivity index (χ2n) is 4.94. The molecule has 0 bridgehead atoms. The van der Waals surface area contributed by atoms with Crippen LogP contribution in [0.2, 0.25) is 0 Å². The first-order valence-corrected chi connectivity index (χ1v) is 7.25. The number of carbonyl (C=O) groups is 1. The molecule has 0 spiro atoms. The van der Waals surface area contributed by atoms with E-state index in [0.29, 0.717) is 13.0 Å². The van der Waals surface area contributed by atoms with Crippen molar-refractivity contribution < 1.29 is 13.2 Å². The summed E-state index contributed by atoms with van der Waals surface area (Å²) in [4.78, 5) is 11.5. The maximum Gasteiger partial charge on any atom is 0.226 e. The monoisotopic (exact) mass is 248 g/mol. The molecule has 2 N–H and O–H groups in total. The van der Waals surface area contributed by atoms with Gasteiger partial charge in [-0.2, -0.15) is 0 Å². The van der Waals surface area contributed by atoms with Gasteiger partial charge in [0.1, 0.15) is 0 Å². The molecule has 1 rings (SSSR count). The minimum atomic E-state index is -2.85. The van der Waals surface area contributed by atoms with Crippen molar-refractivity contribution in [3.63, 3.8) is 0 Å². The molecule has 0 radical (unpaired) electrons. The van der Waals surface area contributed by atoms with E-state index >= 15 is 0 Å². The van der Waals surface area contributed by atoms with Gasteiger partial charge in [0.15, 0.2) is 9.84 Å². The van der Waals surface area contributed by atoms with Crippen molar-refractivity contribution in [1.82, 2.24) is 10.6 Å². The van der Waals surface area contributed by atoms with Crippen LogP contribution in [0.5, 0.6) is 0 Å². The van der Waals surface area contributed by atoms with Crippen molar-refractivity contribution in [3.8, 4) is 0 Å². The van der Waals surface area contributed by atoms with E-state index in [-0.39, 0.29) is 23.5 Å². The molecule has 1 unspecified atom stereocenters. The van der Waals surface area contributed by atoms with Gasteiger partial charge in [-0.3, -0.25) is 4.79 Å². The Balaban J connectivity index is 2.44. The van der Waals surface area contributed by atoms with E-state index in [1.54, 1.807) is 7.05 Å². The predicted octanol–water partition coefficient (Wildman–Crippen LogP) is -0.465. The summed E-state index contributed by atoms with van der Waals surface area (Å²) < 4.78 is 22.5. The van der Waals surface area contributed by atoms with Gasteiger partial charge in [0.25, 0.3) is 0 Å². The van der Waals surface area contributed by atoms with Crippen LogP contribution < -0.4 is 10.6 Å². The number of nitrogens with one attached hydrogen (secondary N) is 2. The van der Waals surface area contributed by atoms with Crippen LogP contribution in [0.4, 0.5) is 0 Å². The van der Waals surface area contributed by atoms with Crippen LogP contribution in [0.15, 0.2) is 0 Å². The number of amides is 1. The smallest absolute Gasteiger partial charge is 0.226 e. The lowest BCUT2D eigenvalue weighted by Gasteiger charge is -2.24. The first-order chi connectivity index (χ1) is 7.27. The first kappa shape index (κ1) is 13.4. The third-order valence-electron chi connectivity index (χ3n) is 2.91. The molecule has 1 heterocycles. The number of hydrogen-bond acceptors (Lipinski definition) is 4. The van der Waals surface area contributed by atoms with Gasteiger partial charge in [0, 0.05) is 19.6 Å². The molecule has 0 saturated carbocycles. The Morgan fingerprint density at radius 1 is 1.44 bits per heavy atom. The van der Waals surface area contributed by atoms with Crippen LogP contribution in [0.3, 0.4) is 0 Å². The first-order valence-electron chi connectivity index (χ1n) is 5.43. The number of rotatable bonds is 4. The van der Waals surface area contributed by atoms with Crippen molar-refractivity contribution in [2.75, 3.05) is 25.1 Å². The van der Waals surface area contributed by atoms with Crippen molar-refractivity contribution in [3.05, 3.63) is 0 Å². The zero-order valence-corrected chi connectivity index (χ0v) is 10.9. The quantitative estimate of drug-likeness (QED) is 0.705. The fourth-order valence-electron chi connectivity index (χ4n) is 1.77. The molecule has 1 aliphatic rings. The zero-order chi connectivity index (χ0) is 12.4. The largest absolute Gasteiger partial charge is 0.359 e. The molecule has 1 aliphatic heterocycles. The molecule has 1 fully saturated rings. The Labute approximate surface area is 96.9 Å². The van der Waals surface area contributed by atoms with E-state index in [1.807, 2.05) is 13.8 Å². The van der Waals surface area contributed by atoms with Crippen LogP contribution in [0.1, 0.15) is 20.3 Å². The average molecular weight is 248 g/mol. The molecular formula is C10H20N2O3S. The topological polar surface area (TPSA) is 75.3 Å². The lowest BCUT2D eigenvalue weighted by Crippen LogP contribution is -2.45. The second-order valence-corrected chi connectivity index (χ2v) is 7.17. The van der Waals surface area contributed by atoms with Gasteiger partial charge < -0.3 is 10.6 Å². The molecule has 0 aromatic rings.